The number of aliphatic hydroxyl groups excluding tert-OH is 1. The molecule has 0 bridgehead atoms. The molecule has 6 nitrogen and oxygen atoms in total. The lowest BCUT2D eigenvalue weighted by Crippen LogP contribution is -2.24. The van der Waals surface area contributed by atoms with Gasteiger partial charge in [-0.25, -0.2) is 0 Å². The van der Waals surface area contributed by atoms with Gasteiger partial charge in [0.05, 0.1) is 12.1 Å². The molecule has 0 aromatic carbocycles. The Bertz CT molecular complexity index is 760. The third-order valence-electron chi connectivity index (χ3n) is 3.94. The van der Waals surface area contributed by atoms with Crippen molar-refractivity contribution in [2.24, 2.45) is 0 Å². The first-order valence-electron chi connectivity index (χ1n) is 7.49. The zero-order chi connectivity index (χ0) is 15.6. The van der Waals surface area contributed by atoms with Crippen molar-refractivity contribution in [2.45, 2.75) is 25.1 Å². The van der Waals surface area contributed by atoms with Crippen molar-refractivity contribution in [3.8, 4) is 11.5 Å². The number of rotatable bonds is 4. The first-order chi connectivity index (χ1) is 11.3. The van der Waals surface area contributed by atoms with E-state index >= 15 is 0 Å². The normalized spacial score (nSPS) is 21.8. The van der Waals surface area contributed by atoms with Gasteiger partial charge >= 0.3 is 0 Å². The number of aromatic nitrogens is 3. The topological polar surface area (TPSA) is 75.3 Å². The number of β-amino-alcohol motifs (C(OH)–C–C–N with tert-alkyl or cyclic N) is 1. The van der Waals surface area contributed by atoms with Gasteiger partial charge in [0.25, 0.3) is 0 Å². The Labute approximate surface area is 137 Å². The van der Waals surface area contributed by atoms with Gasteiger partial charge in [-0.15, -0.1) is 11.3 Å². The van der Waals surface area contributed by atoms with Crippen molar-refractivity contribution >= 4 is 11.3 Å². The van der Waals surface area contributed by atoms with Gasteiger partial charge < -0.3 is 9.63 Å². The molecule has 4 heterocycles. The Morgan fingerprint density at radius 2 is 2.26 bits per heavy atom. The van der Waals surface area contributed by atoms with Crippen molar-refractivity contribution in [2.75, 3.05) is 6.54 Å². The zero-order valence-electron chi connectivity index (χ0n) is 12.4. The van der Waals surface area contributed by atoms with Gasteiger partial charge in [0.15, 0.2) is 0 Å². The molecule has 3 aromatic rings. The molecule has 1 fully saturated rings. The summed E-state index contributed by atoms with van der Waals surface area (Å²) in [5, 5.41) is 16.1. The van der Waals surface area contributed by atoms with Gasteiger partial charge in [-0.05, 0) is 30.0 Å². The van der Waals surface area contributed by atoms with Crippen LogP contribution in [0.4, 0.5) is 0 Å². The number of thiophene rings is 1. The first kappa shape index (κ1) is 14.5. The second-order valence-corrected chi connectivity index (χ2v) is 6.62. The molecule has 0 saturated carbocycles. The van der Waals surface area contributed by atoms with Crippen LogP contribution in [0, 0.1) is 0 Å². The van der Waals surface area contributed by atoms with Gasteiger partial charge in [-0.2, -0.15) is 4.98 Å². The first-order valence-corrected chi connectivity index (χ1v) is 8.37. The summed E-state index contributed by atoms with van der Waals surface area (Å²) in [4.78, 5) is 12.2. The maximum absolute atomic E-state index is 10.0. The van der Waals surface area contributed by atoms with Crippen LogP contribution in [0.1, 0.15) is 23.2 Å². The molecule has 0 amide bonds. The molecule has 0 unspecified atom stereocenters. The van der Waals surface area contributed by atoms with E-state index in [2.05, 4.69) is 31.5 Å². The van der Waals surface area contributed by atoms with Gasteiger partial charge in [0.1, 0.15) is 5.69 Å². The van der Waals surface area contributed by atoms with Crippen LogP contribution in [-0.2, 0) is 6.54 Å². The second kappa shape index (κ2) is 6.19. The van der Waals surface area contributed by atoms with E-state index in [1.54, 1.807) is 17.5 Å². The molecule has 0 spiro atoms. The van der Waals surface area contributed by atoms with E-state index < -0.39 is 0 Å². The van der Waals surface area contributed by atoms with Crippen molar-refractivity contribution in [3.63, 3.8) is 0 Å². The SMILES string of the molecule is O[C@@H]1C[C@@H](c2nc(-c3ccccn3)no2)N(Cc2cccs2)C1. The fraction of sp³-hybridized carbons (Fsp3) is 0.312. The Balaban J connectivity index is 1.57. The molecular formula is C16H16N4O2S. The number of likely N-dealkylation sites (tertiary alicyclic amines) is 1. The molecule has 4 rings (SSSR count). The highest BCUT2D eigenvalue weighted by Gasteiger charge is 2.36. The highest BCUT2D eigenvalue weighted by atomic mass is 32.1. The summed E-state index contributed by atoms with van der Waals surface area (Å²) in [6, 6.07) is 9.66. The van der Waals surface area contributed by atoms with Gasteiger partial charge in [0.2, 0.25) is 11.7 Å². The molecular weight excluding hydrogens is 312 g/mol. The number of hydrogen-bond acceptors (Lipinski definition) is 7. The van der Waals surface area contributed by atoms with Crippen LogP contribution in [0.15, 0.2) is 46.4 Å². The van der Waals surface area contributed by atoms with Gasteiger partial charge in [0, 0.05) is 24.2 Å². The Hall–Kier alpha value is -2.09. The largest absolute Gasteiger partial charge is 0.392 e. The zero-order valence-corrected chi connectivity index (χ0v) is 13.2. The van der Waals surface area contributed by atoms with Gasteiger partial charge in [-0.3, -0.25) is 9.88 Å². The molecule has 0 radical (unpaired) electrons. The minimum atomic E-state index is -0.370. The number of aliphatic hydroxyl groups is 1. The molecule has 3 aromatic heterocycles. The molecule has 1 aliphatic heterocycles. The molecule has 1 saturated heterocycles. The molecule has 2 atom stereocenters. The molecule has 23 heavy (non-hydrogen) atoms. The van der Waals surface area contributed by atoms with E-state index in [9.17, 15) is 5.11 Å². The quantitative estimate of drug-likeness (QED) is 0.793. The molecule has 0 aliphatic carbocycles. The Morgan fingerprint density at radius 1 is 1.30 bits per heavy atom. The molecule has 1 N–H and O–H groups in total. The summed E-state index contributed by atoms with van der Waals surface area (Å²) in [7, 11) is 0. The highest BCUT2D eigenvalue weighted by Crippen LogP contribution is 2.33. The van der Waals surface area contributed by atoms with Crippen LogP contribution in [0.25, 0.3) is 11.5 Å². The van der Waals surface area contributed by atoms with Crippen LogP contribution in [0.5, 0.6) is 0 Å². The maximum Gasteiger partial charge on any atom is 0.244 e. The van der Waals surface area contributed by atoms with Crippen molar-refractivity contribution in [1.82, 2.24) is 20.0 Å². The lowest BCUT2D eigenvalue weighted by Gasteiger charge is -2.20. The van der Waals surface area contributed by atoms with E-state index in [1.165, 1.54) is 4.88 Å². The third kappa shape index (κ3) is 3.03. The smallest absolute Gasteiger partial charge is 0.244 e. The average molecular weight is 328 g/mol. The summed E-state index contributed by atoms with van der Waals surface area (Å²) in [6.45, 7) is 1.39. The summed E-state index contributed by atoms with van der Waals surface area (Å²) >= 11 is 1.71. The maximum atomic E-state index is 10.0. The minimum absolute atomic E-state index is 0.0583. The van der Waals surface area contributed by atoms with E-state index in [1.807, 2.05) is 24.3 Å². The van der Waals surface area contributed by atoms with Crippen molar-refractivity contribution < 1.29 is 9.63 Å². The molecule has 1 aliphatic rings. The molecule has 118 valence electrons. The number of pyridine rings is 1. The van der Waals surface area contributed by atoms with Crippen molar-refractivity contribution in [3.05, 3.63) is 52.7 Å². The van der Waals surface area contributed by atoms with E-state index in [0.29, 0.717) is 30.4 Å². The molecule has 7 heteroatoms. The van der Waals surface area contributed by atoms with Gasteiger partial charge in [-0.1, -0.05) is 17.3 Å². The lowest BCUT2D eigenvalue weighted by atomic mass is 10.2. The second-order valence-electron chi connectivity index (χ2n) is 5.59. The van der Waals surface area contributed by atoms with E-state index in [-0.39, 0.29) is 12.1 Å². The third-order valence-corrected chi connectivity index (χ3v) is 4.80. The Morgan fingerprint density at radius 3 is 3.04 bits per heavy atom. The monoisotopic (exact) mass is 328 g/mol. The van der Waals surface area contributed by atoms with Crippen LogP contribution in [-0.4, -0.2) is 37.8 Å². The highest BCUT2D eigenvalue weighted by molar-refractivity contribution is 7.09. The Kier molecular flexibility index (Phi) is 3.90. The summed E-state index contributed by atoms with van der Waals surface area (Å²) in [5.74, 6) is 1.02. The minimum Gasteiger partial charge on any atom is -0.392 e. The fourth-order valence-electron chi connectivity index (χ4n) is 2.88. The predicted molar refractivity (Wildman–Crippen MR) is 85.6 cm³/mol. The fourth-order valence-corrected chi connectivity index (χ4v) is 3.61. The van der Waals surface area contributed by atoms with Crippen LogP contribution < -0.4 is 0 Å². The van der Waals surface area contributed by atoms with Crippen LogP contribution in [0.2, 0.25) is 0 Å². The van der Waals surface area contributed by atoms with Crippen LogP contribution in [0.3, 0.4) is 0 Å². The van der Waals surface area contributed by atoms with Crippen molar-refractivity contribution in [1.29, 1.82) is 0 Å². The number of hydrogen-bond donors (Lipinski definition) is 1. The average Bonchev–Trinajstić information content (AvgIpc) is 3.30. The van der Waals surface area contributed by atoms with Crippen LogP contribution >= 0.6 is 11.3 Å². The summed E-state index contributed by atoms with van der Waals surface area (Å²) < 4.78 is 5.45. The standard InChI is InChI=1S/C16H16N4O2S/c21-11-8-14(20(9-11)10-12-4-3-7-23-12)16-18-15(19-22-16)13-5-1-2-6-17-13/h1-7,11,14,21H,8-10H2/t11-,14+/m1/s1. The van der Waals surface area contributed by atoms with E-state index in [4.69, 9.17) is 4.52 Å². The predicted octanol–water partition coefficient (Wildman–Crippen LogP) is 2.50. The summed E-state index contributed by atoms with van der Waals surface area (Å²) in [6.07, 6.45) is 1.94. The van der Waals surface area contributed by atoms with E-state index in [0.717, 1.165) is 6.54 Å². The number of nitrogens with zero attached hydrogens (tertiary/aromatic N) is 4. The lowest BCUT2D eigenvalue weighted by molar-refractivity contribution is 0.170. The summed E-state index contributed by atoms with van der Waals surface area (Å²) in [5.41, 5.74) is 0.686.